The molecule has 4 heteroatoms. The van der Waals surface area contributed by atoms with Gasteiger partial charge >= 0.3 is 6.03 Å². The number of likely N-dealkylation sites (tertiary alicyclic amines) is 1. The van der Waals surface area contributed by atoms with Gasteiger partial charge in [0.1, 0.15) is 0 Å². The first-order valence-corrected chi connectivity index (χ1v) is 5.68. The van der Waals surface area contributed by atoms with Crippen LogP contribution >= 0.6 is 0 Å². The van der Waals surface area contributed by atoms with Crippen LogP contribution in [0.25, 0.3) is 0 Å². The Hall–Kier alpha value is -0.770. The number of hydrogen-bond donors (Lipinski definition) is 0. The third kappa shape index (κ3) is 3.38. The second kappa shape index (κ2) is 5.95. The van der Waals surface area contributed by atoms with Crippen molar-refractivity contribution in [1.29, 1.82) is 0 Å². The number of hydrogen-bond acceptors (Lipinski definition) is 2. The highest BCUT2D eigenvalue weighted by atomic mass is 16.5. The summed E-state index contributed by atoms with van der Waals surface area (Å²) in [7, 11) is 3.59. The van der Waals surface area contributed by atoms with E-state index in [1.54, 1.807) is 12.0 Å². The van der Waals surface area contributed by atoms with E-state index < -0.39 is 0 Å². The first-order valence-electron chi connectivity index (χ1n) is 5.68. The number of amides is 2. The molecule has 1 rings (SSSR count). The molecule has 0 radical (unpaired) electrons. The standard InChI is InChI=1S/C11H22N2O2/c1-4-12(2)11(14)13-7-5-10(6-8-13)9-15-3/h10H,4-9H2,1-3H3. The van der Waals surface area contributed by atoms with Crippen molar-refractivity contribution in [2.75, 3.05) is 40.4 Å². The van der Waals surface area contributed by atoms with Gasteiger partial charge in [0.05, 0.1) is 0 Å². The van der Waals surface area contributed by atoms with Gasteiger partial charge in [0.25, 0.3) is 0 Å². The van der Waals surface area contributed by atoms with Gasteiger partial charge < -0.3 is 14.5 Å². The van der Waals surface area contributed by atoms with E-state index >= 15 is 0 Å². The molecule has 0 aliphatic carbocycles. The summed E-state index contributed by atoms with van der Waals surface area (Å²) in [6.45, 7) is 5.34. The summed E-state index contributed by atoms with van der Waals surface area (Å²) in [5.41, 5.74) is 0. The summed E-state index contributed by atoms with van der Waals surface area (Å²) in [6, 6.07) is 0.161. The molecule has 1 aliphatic heterocycles. The number of methoxy groups -OCH3 is 1. The topological polar surface area (TPSA) is 32.8 Å². The van der Waals surface area contributed by atoms with Crippen LogP contribution in [0.1, 0.15) is 19.8 Å². The maximum Gasteiger partial charge on any atom is 0.319 e. The molecule has 1 heterocycles. The van der Waals surface area contributed by atoms with Crippen LogP contribution in [0.15, 0.2) is 0 Å². The summed E-state index contributed by atoms with van der Waals surface area (Å²) < 4.78 is 5.13. The van der Waals surface area contributed by atoms with Crippen LogP contribution in [0.4, 0.5) is 4.79 Å². The number of piperidine rings is 1. The molecule has 0 aromatic carbocycles. The van der Waals surface area contributed by atoms with E-state index in [2.05, 4.69) is 0 Å². The van der Waals surface area contributed by atoms with Gasteiger partial charge in [-0.25, -0.2) is 4.79 Å². The molecule has 1 aliphatic rings. The lowest BCUT2D eigenvalue weighted by atomic mass is 9.98. The Morgan fingerprint density at radius 3 is 2.53 bits per heavy atom. The van der Waals surface area contributed by atoms with E-state index in [9.17, 15) is 4.79 Å². The summed E-state index contributed by atoms with van der Waals surface area (Å²) in [5.74, 6) is 0.631. The molecular formula is C11H22N2O2. The molecule has 0 aromatic heterocycles. The van der Waals surface area contributed by atoms with Gasteiger partial charge in [-0.15, -0.1) is 0 Å². The van der Waals surface area contributed by atoms with Crippen LogP contribution < -0.4 is 0 Å². The van der Waals surface area contributed by atoms with Gasteiger partial charge in [0, 0.05) is 40.4 Å². The van der Waals surface area contributed by atoms with Gasteiger partial charge in [-0.1, -0.05) is 0 Å². The van der Waals surface area contributed by atoms with Gasteiger partial charge in [-0.2, -0.15) is 0 Å². The molecule has 0 aromatic rings. The summed E-state index contributed by atoms with van der Waals surface area (Å²) in [5, 5.41) is 0. The maximum absolute atomic E-state index is 11.8. The molecule has 0 spiro atoms. The zero-order valence-electron chi connectivity index (χ0n) is 10.0. The molecule has 1 fully saturated rings. The minimum Gasteiger partial charge on any atom is -0.384 e. The van der Waals surface area contributed by atoms with Gasteiger partial charge in [0.2, 0.25) is 0 Å². The fourth-order valence-electron chi connectivity index (χ4n) is 1.90. The second-order valence-electron chi connectivity index (χ2n) is 4.18. The van der Waals surface area contributed by atoms with Crippen molar-refractivity contribution in [1.82, 2.24) is 9.80 Å². The minimum absolute atomic E-state index is 0.161. The van der Waals surface area contributed by atoms with E-state index in [1.165, 1.54) is 0 Å². The van der Waals surface area contributed by atoms with Crippen molar-refractivity contribution in [3.8, 4) is 0 Å². The quantitative estimate of drug-likeness (QED) is 0.711. The predicted molar refractivity (Wildman–Crippen MR) is 59.9 cm³/mol. The monoisotopic (exact) mass is 214 g/mol. The lowest BCUT2D eigenvalue weighted by Crippen LogP contribution is -2.45. The first kappa shape index (κ1) is 12.3. The van der Waals surface area contributed by atoms with Crippen LogP contribution in [0.5, 0.6) is 0 Å². The lowest BCUT2D eigenvalue weighted by molar-refractivity contribution is 0.0983. The SMILES string of the molecule is CCN(C)C(=O)N1CCC(COC)CC1. The smallest absolute Gasteiger partial charge is 0.319 e. The Kier molecular flexibility index (Phi) is 4.88. The van der Waals surface area contributed by atoms with Crippen LogP contribution in [0.3, 0.4) is 0 Å². The van der Waals surface area contributed by atoms with Gasteiger partial charge in [-0.3, -0.25) is 0 Å². The van der Waals surface area contributed by atoms with Crippen LogP contribution in [-0.4, -0.2) is 56.2 Å². The predicted octanol–water partition coefficient (Wildman–Crippen LogP) is 1.42. The molecule has 1 saturated heterocycles. The third-order valence-electron chi connectivity index (χ3n) is 3.09. The number of urea groups is 1. The highest BCUT2D eigenvalue weighted by Crippen LogP contribution is 2.18. The molecule has 0 atom stereocenters. The van der Waals surface area contributed by atoms with E-state index in [-0.39, 0.29) is 6.03 Å². The normalized spacial score (nSPS) is 17.9. The van der Waals surface area contributed by atoms with Crippen molar-refractivity contribution in [2.24, 2.45) is 5.92 Å². The van der Waals surface area contributed by atoms with E-state index in [4.69, 9.17) is 4.74 Å². The molecule has 4 nitrogen and oxygen atoms in total. The maximum atomic E-state index is 11.8. The average Bonchev–Trinajstić information content (AvgIpc) is 2.28. The zero-order chi connectivity index (χ0) is 11.3. The number of carbonyl (C=O) groups excluding carboxylic acids is 1. The van der Waals surface area contributed by atoms with Crippen LogP contribution in [0, 0.1) is 5.92 Å². The Morgan fingerprint density at radius 1 is 1.47 bits per heavy atom. The second-order valence-corrected chi connectivity index (χ2v) is 4.18. The van der Waals surface area contributed by atoms with Crippen molar-refractivity contribution in [3.05, 3.63) is 0 Å². The third-order valence-corrected chi connectivity index (χ3v) is 3.09. The van der Waals surface area contributed by atoms with E-state index in [0.29, 0.717) is 5.92 Å². The molecule has 88 valence electrons. The summed E-state index contributed by atoms with van der Waals surface area (Å²) in [4.78, 5) is 15.5. The number of carbonyl (C=O) groups is 1. The van der Waals surface area contributed by atoms with Crippen molar-refractivity contribution >= 4 is 6.03 Å². The van der Waals surface area contributed by atoms with Crippen LogP contribution in [-0.2, 0) is 4.74 Å². The van der Waals surface area contributed by atoms with Crippen molar-refractivity contribution in [3.63, 3.8) is 0 Å². The highest BCUT2D eigenvalue weighted by molar-refractivity contribution is 5.74. The molecule has 0 saturated carbocycles. The number of ether oxygens (including phenoxy) is 1. The molecule has 2 amide bonds. The first-order chi connectivity index (χ1) is 7.19. The number of rotatable bonds is 3. The molecular weight excluding hydrogens is 192 g/mol. The van der Waals surface area contributed by atoms with Crippen LogP contribution in [0.2, 0.25) is 0 Å². The minimum atomic E-state index is 0.161. The Labute approximate surface area is 92.2 Å². The Bertz CT molecular complexity index is 201. The number of nitrogens with zero attached hydrogens (tertiary/aromatic N) is 2. The Balaban J connectivity index is 2.33. The molecule has 0 N–H and O–H groups in total. The van der Waals surface area contributed by atoms with Gasteiger partial charge in [0.15, 0.2) is 0 Å². The van der Waals surface area contributed by atoms with E-state index in [0.717, 1.165) is 39.1 Å². The average molecular weight is 214 g/mol. The fraction of sp³-hybridized carbons (Fsp3) is 0.909. The highest BCUT2D eigenvalue weighted by Gasteiger charge is 2.23. The van der Waals surface area contributed by atoms with Crippen molar-refractivity contribution in [2.45, 2.75) is 19.8 Å². The van der Waals surface area contributed by atoms with E-state index in [1.807, 2.05) is 18.9 Å². The zero-order valence-corrected chi connectivity index (χ0v) is 10.0. The van der Waals surface area contributed by atoms with Crippen molar-refractivity contribution < 1.29 is 9.53 Å². The molecule has 0 bridgehead atoms. The summed E-state index contributed by atoms with van der Waals surface area (Å²) in [6.07, 6.45) is 2.13. The summed E-state index contributed by atoms with van der Waals surface area (Å²) >= 11 is 0. The fourth-order valence-corrected chi connectivity index (χ4v) is 1.90. The lowest BCUT2D eigenvalue weighted by Gasteiger charge is -2.34. The largest absolute Gasteiger partial charge is 0.384 e. The molecule has 0 unspecified atom stereocenters. The Morgan fingerprint density at radius 2 is 2.07 bits per heavy atom. The molecule has 15 heavy (non-hydrogen) atoms. The van der Waals surface area contributed by atoms with Gasteiger partial charge in [-0.05, 0) is 25.7 Å².